The van der Waals surface area contributed by atoms with Gasteiger partial charge in [-0.1, -0.05) is 127 Å². The third kappa shape index (κ3) is 3.61. The highest BCUT2D eigenvalue weighted by Crippen LogP contribution is 2.51. The van der Waals surface area contributed by atoms with E-state index in [1.54, 1.807) is 0 Å². The van der Waals surface area contributed by atoms with Gasteiger partial charge in [0, 0.05) is 26.4 Å². The Morgan fingerprint density at radius 3 is 1.98 bits per heavy atom. The molecule has 0 radical (unpaired) electrons. The van der Waals surface area contributed by atoms with Gasteiger partial charge in [-0.3, -0.25) is 0 Å². The number of anilines is 3. The Labute approximate surface area is 265 Å². The number of hydrogen-bond acceptors (Lipinski definition) is 2. The van der Waals surface area contributed by atoms with E-state index in [9.17, 15) is 0 Å². The summed E-state index contributed by atoms with van der Waals surface area (Å²) < 4.78 is 2.63. The van der Waals surface area contributed by atoms with E-state index in [0.29, 0.717) is 0 Å². The summed E-state index contributed by atoms with van der Waals surface area (Å²) >= 11 is 1.89. The number of fused-ring (bicyclic) bond motifs is 11. The maximum Gasteiger partial charge on any atom is 0.0640 e. The fraction of sp³-hybridized carbons (Fsp3) is 0.0233. The molecule has 1 aliphatic rings. The van der Waals surface area contributed by atoms with Gasteiger partial charge in [-0.2, -0.15) is 0 Å². The van der Waals surface area contributed by atoms with Crippen molar-refractivity contribution in [3.63, 3.8) is 0 Å². The number of benzene rings is 8. The molecule has 8 aromatic carbocycles. The lowest BCUT2D eigenvalue weighted by Gasteiger charge is -2.29. The van der Waals surface area contributed by atoms with Crippen LogP contribution in [-0.4, -0.2) is 0 Å². The van der Waals surface area contributed by atoms with E-state index in [-0.39, 0.29) is 0 Å². The van der Waals surface area contributed by atoms with Gasteiger partial charge in [-0.25, -0.2) is 0 Å². The summed E-state index contributed by atoms with van der Waals surface area (Å²) in [4.78, 5) is 2.55. The van der Waals surface area contributed by atoms with Crippen molar-refractivity contribution in [1.29, 1.82) is 0 Å². The second kappa shape index (κ2) is 9.53. The minimum atomic E-state index is 0.966. The van der Waals surface area contributed by atoms with Crippen molar-refractivity contribution in [2.45, 2.75) is 6.42 Å². The monoisotopic (exact) mass is 589 g/mol. The second-order valence-electron chi connectivity index (χ2n) is 12.1. The SMILES string of the molecule is c1ccc2c(c1)Cc1cccc(N(c3cccc4c3ccc3c5ccccc5ccc43)c3cccc4c3sc3ccccc34)c1-2. The summed E-state index contributed by atoms with van der Waals surface area (Å²) in [6.45, 7) is 0. The summed E-state index contributed by atoms with van der Waals surface area (Å²) in [6, 6.07) is 56.2. The molecule has 0 saturated carbocycles. The van der Waals surface area contributed by atoms with Crippen molar-refractivity contribution < 1.29 is 0 Å². The molecule has 1 nitrogen and oxygen atoms in total. The summed E-state index contributed by atoms with van der Waals surface area (Å²) in [7, 11) is 0. The highest BCUT2D eigenvalue weighted by Gasteiger charge is 2.27. The van der Waals surface area contributed by atoms with E-state index >= 15 is 0 Å². The number of thiophene rings is 1. The Balaban J connectivity index is 1.32. The summed E-state index contributed by atoms with van der Waals surface area (Å²) in [6.07, 6.45) is 0.966. The molecule has 0 spiro atoms. The molecule has 9 aromatic rings. The second-order valence-corrected chi connectivity index (χ2v) is 13.1. The van der Waals surface area contributed by atoms with Gasteiger partial charge in [0.25, 0.3) is 0 Å². The molecule has 1 aliphatic carbocycles. The molecule has 1 heterocycles. The minimum Gasteiger partial charge on any atom is -0.308 e. The zero-order chi connectivity index (χ0) is 29.5. The molecule has 0 unspecified atom stereocenters. The quantitative estimate of drug-likeness (QED) is 0.185. The first-order valence-electron chi connectivity index (χ1n) is 15.6. The zero-order valence-corrected chi connectivity index (χ0v) is 25.3. The fourth-order valence-electron chi connectivity index (χ4n) is 7.69. The molecule has 0 bridgehead atoms. The Bertz CT molecular complexity index is 2640. The van der Waals surface area contributed by atoms with Crippen LogP contribution in [-0.2, 0) is 6.42 Å². The lowest BCUT2D eigenvalue weighted by Crippen LogP contribution is -2.12. The van der Waals surface area contributed by atoms with Crippen LogP contribution < -0.4 is 4.90 Å². The smallest absolute Gasteiger partial charge is 0.0640 e. The molecule has 0 fully saturated rings. The summed E-state index contributed by atoms with van der Waals surface area (Å²) in [5, 5.41) is 10.3. The average molecular weight is 590 g/mol. The third-order valence-corrected chi connectivity index (χ3v) is 10.9. The molecule has 2 heteroatoms. The first-order chi connectivity index (χ1) is 22.3. The summed E-state index contributed by atoms with van der Waals surface area (Å²) in [5.41, 5.74) is 9.12. The normalized spacial score (nSPS) is 12.4. The van der Waals surface area contributed by atoms with Crippen molar-refractivity contribution in [3.05, 3.63) is 163 Å². The van der Waals surface area contributed by atoms with Crippen molar-refractivity contribution >= 4 is 80.9 Å². The van der Waals surface area contributed by atoms with E-state index in [1.165, 1.54) is 91.8 Å². The summed E-state index contributed by atoms with van der Waals surface area (Å²) in [5.74, 6) is 0. The van der Waals surface area contributed by atoms with Gasteiger partial charge in [0.05, 0.1) is 21.8 Å². The predicted octanol–water partition coefficient (Wildman–Crippen LogP) is 12.6. The molecule has 0 aliphatic heterocycles. The molecule has 0 atom stereocenters. The number of rotatable bonds is 3. The van der Waals surface area contributed by atoms with Gasteiger partial charge in [-0.05, 0) is 74.3 Å². The van der Waals surface area contributed by atoms with E-state index < -0.39 is 0 Å². The highest BCUT2D eigenvalue weighted by atomic mass is 32.1. The standard InChI is InChI=1S/C43H27NS/c1-3-13-30-27(10-1)22-23-34-32-16-8-18-38(35(32)25-24-33(30)34)44(39-19-7-12-29-26-28-11-2-4-14-31(28)42(29)39)40-20-9-17-37-36-15-5-6-21-41(36)45-43(37)40/h1-25H,26H2. The maximum absolute atomic E-state index is 2.55. The molecular formula is C43H27NS. The van der Waals surface area contributed by atoms with Crippen molar-refractivity contribution in [3.8, 4) is 11.1 Å². The Kier molecular flexibility index (Phi) is 5.28. The van der Waals surface area contributed by atoms with Crippen LogP contribution in [0.2, 0.25) is 0 Å². The van der Waals surface area contributed by atoms with Crippen molar-refractivity contribution in [2.24, 2.45) is 0 Å². The number of nitrogens with zero attached hydrogens (tertiary/aromatic N) is 1. The first-order valence-corrected chi connectivity index (χ1v) is 16.4. The minimum absolute atomic E-state index is 0.966. The van der Waals surface area contributed by atoms with Crippen LogP contribution in [0, 0.1) is 0 Å². The molecule has 0 saturated heterocycles. The topological polar surface area (TPSA) is 3.24 Å². The Hall–Kier alpha value is -5.44. The van der Waals surface area contributed by atoms with Crippen molar-refractivity contribution in [2.75, 3.05) is 4.90 Å². The van der Waals surface area contributed by atoms with Gasteiger partial charge in [-0.15, -0.1) is 11.3 Å². The van der Waals surface area contributed by atoms with Crippen LogP contribution in [0.5, 0.6) is 0 Å². The van der Waals surface area contributed by atoms with Crippen LogP contribution >= 0.6 is 11.3 Å². The van der Waals surface area contributed by atoms with E-state index in [2.05, 4.69) is 157 Å². The van der Waals surface area contributed by atoms with Crippen LogP contribution in [0.4, 0.5) is 17.1 Å². The molecule has 1 aromatic heterocycles. The highest BCUT2D eigenvalue weighted by molar-refractivity contribution is 7.26. The van der Waals surface area contributed by atoms with Gasteiger partial charge in [0.2, 0.25) is 0 Å². The van der Waals surface area contributed by atoms with Gasteiger partial charge in [0.15, 0.2) is 0 Å². The molecule has 210 valence electrons. The van der Waals surface area contributed by atoms with E-state index in [4.69, 9.17) is 0 Å². The zero-order valence-electron chi connectivity index (χ0n) is 24.5. The Morgan fingerprint density at radius 1 is 0.400 bits per heavy atom. The molecule has 10 rings (SSSR count). The van der Waals surface area contributed by atoms with Crippen molar-refractivity contribution in [1.82, 2.24) is 0 Å². The fourth-order valence-corrected chi connectivity index (χ4v) is 8.89. The van der Waals surface area contributed by atoms with Crippen LogP contribution in [0.15, 0.2) is 152 Å². The number of hydrogen-bond donors (Lipinski definition) is 0. The molecule has 45 heavy (non-hydrogen) atoms. The molecule has 0 amide bonds. The molecular weight excluding hydrogens is 563 g/mol. The van der Waals surface area contributed by atoms with Crippen LogP contribution in [0.3, 0.4) is 0 Å². The maximum atomic E-state index is 2.55. The van der Waals surface area contributed by atoms with Crippen LogP contribution in [0.1, 0.15) is 11.1 Å². The molecule has 0 N–H and O–H groups in total. The first kappa shape index (κ1) is 24.9. The van der Waals surface area contributed by atoms with Crippen LogP contribution in [0.25, 0.3) is 63.6 Å². The van der Waals surface area contributed by atoms with E-state index in [0.717, 1.165) is 6.42 Å². The van der Waals surface area contributed by atoms with Gasteiger partial charge in [0.1, 0.15) is 0 Å². The lowest BCUT2D eigenvalue weighted by molar-refractivity contribution is 1.25. The average Bonchev–Trinajstić information content (AvgIpc) is 3.68. The largest absolute Gasteiger partial charge is 0.308 e. The Morgan fingerprint density at radius 2 is 1.02 bits per heavy atom. The van der Waals surface area contributed by atoms with E-state index in [1.807, 2.05) is 11.3 Å². The van der Waals surface area contributed by atoms with Gasteiger partial charge >= 0.3 is 0 Å². The predicted molar refractivity (Wildman–Crippen MR) is 195 cm³/mol. The lowest BCUT2D eigenvalue weighted by atomic mass is 9.95. The van der Waals surface area contributed by atoms with Gasteiger partial charge < -0.3 is 4.90 Å². The third-order valence-electron chi connectivity index (χ3n) is 9.66.